The normalized spacial score (nSPS) is 15.2. The molecule has 1 aromatic rings. The molecule has 0 spiro atoms. The van der Waals surface area contributed by atoms with Crippen molar-refractivity contribution in [1.82, 2.24) is 0 Å². The highest BCUT2D eigenvalue weighted by Gasteiger charge is 2.29. The van der Waals surface area contributed by atoms with Crippen molar-refractivity contribution in [2.24, 2.45) is 11.7 Å². The Bertz CT molecular complexity index is 399. The third-order valence-corrected chi connectivity index (χ3v) is 3.52. The highest BCUT2D eigenvalue weighted by Crippen LogP contribution is 2.32. The second-order valence-corrected chi connectivity index (χ2v) is 5.59. The van der Waals surface area contributed by atoms with Crippen LogP contribution in [0.3, 0.4) is 0 Å². The van der Waals surface area contributed by atoms with Crippen molar-refractivity contribution in [1.29, 1.82) is 0 Å². The molecule has 1 aliphatic rings. The quantitative estimate of drug-likeness (QED) is 0.839. The minimum atomic E-state index is -0.176. The van der Waals surface area contributed by atoms with Crippen LogP contribution in [-0.2, 0) is 6.54 Å². The summed E-state index contributed by atoms with van der Waals surface area (Å²) in [6.07, 6.45) is 3.62. The van der Waals surface area contributed by atoms with Crippen LogP contribution in [0.2, 0.25) is 0 Å². The van der Waals surface area contributed by atoms with E-state index < -0.39 is 0 Å². The molecule has 0 bridgehead atoms. The fraction of sp³-hybridized carbons (Fsp3) is 0.600. The van der Waals surface area contributed by atoms with Crippen LogP contribution < -0.4 is 10.6 Å². The largest absolute Gasteiger partial charge is 0.368 e. The second-order valence-electron chi connectivity index (χ2n) is 5.59. The number of nitrogens with zero attached hydrogens (tertiary/aromatic N) is 1. The Balaban J connectivity index is 2.12. The fourth-order valence-corrected chi connectivity index (χ4v) is 2.19. The van der Waals surface area contributed by atoms with Crippen LogP contribution in [0.5, 0.6) is 0 Å². The molecule has 18 heavy (non-hydrogen) atoms. The zero-order chi connectivity index (χ0) is 13.1. The monoisotopic (exact) mass is 250 g/mol. The number of nitrogens with two attached hydrogens (primary N) is 1. The van der Waals surface area contributed by atoms with Crippen molar-refractivity contribution in [3.8, 4) is 0 Å². The van der Waals surface area contributed by atoms with Crippen molar-refractivity contribution in [3.05, 3.63) is 29.6 Å². The molecule has 0 aliphatic heterocycles. The van der Waals surface area contributed by atoms with E-state index in [4.69, 9.17) is 5.73 Å². The average Bonchev–Trinajstić information content (AvgIpc) is 3.13. The summed E-state index contributed by atoms with van der Waals surface area (Å²) in [5.74, 6) is 0.504. The first-order chi connectivity index (χ1) is 8.61. The van der Waals surface area contributed by atoms with Gasteiger partial charge in [-0.15, -0.1) is 0 Å². The molecule has 0 aromatic heterocycles. The summed E-state index contributed by atoms with van der Waals surface area (Å²) in [4.78, 5) is 2.35. The third kappa shape index (κ3) is 3.22. The van der Waals surface area contributed by atoms with E-state index in [0.29, 0.717) is 17.5 Å². The van der Waals surface area contributed by atoms with Gasteiger partial charge in [0.25, 0.3) is 0 Å². The number of halogens is 1. The summed E-state index contributed by atoms with van der Waals surface area (Å²) in [5.41, 5.74) is 7.10. The first-order valence-electron chi connectivity index (χ1n) is 6.87. The van der Waals surface area contributed by atoms with Crippen LogP contribution in [0.15, 0.2) is 18.2 Å². The van der Waals surface area contributed by atoms with Crippen LogP contribution >= 0.6 is 0 Å². The number of rotatable bonds is 6. The number of anilines is 1. The molecule has 1 fully saturated rings. The Hall–Kier alpha value is -1.09. The highest BCUT2D eigenvalue weighted by molar-refractivity contribution is 5.50. The number of hydrogen-bond acceptors (Lipinski definition) is 2. The maximum atomic E-state index is 13.8. The van der Waals surface area contributed by atoms with E-state index in [2.05, 4.69) is 18.7 Å². The van der Waals surface area contributed by atoms with Gasteiger partial charge in [0.15, 0.2) is 0 Å². The van der Waals surface area contributed by atoms with Crippen molar-refractivity contribution in [2.75, 3.05) is 11.4 Å². The molecule has 0 unspecified atom stereocenters. The van der Waals surface area contributed by atoms with Gasteiger partial charge in [0.05, 0.1) is 0 Å². The lowest BCUT2D eigenvalue weighted by atomic mass is 10.1. The summed E-state index contributed by atoms with van der Waals surface area (Å²) < 4.78 is 13.8. The molecule has 0 heterocycles. The average molecular weight is 250 g/mol. The molecule has 0 saturated heterocycles. The van der Waals surface area contributed by atoms with Gasteiger partial charge < -0.3 is 10.6 Å². The van der Waals surface area contributed by atoms with Crippen LogP contribution in [0.1, 0.15) is 38.7 Å². The maximum absolute atomic E-state index is 13.8. The lowest BCUT2D eigenvalue weighted by Gasteiger charge is -2.26. The van der Waals surface area contributed by atoms with Gasteiger partial charge in [0.1, 0.15) is 5.82 Å². The molecular formula is C15H23FN2. The molecule has 2 rings (SSSR count). The molecule has 2 N–H and O–H groups in total. The van der Waals surface area contributed by atoms with Crippen LogP contribution in [0.4, 0.5) is 10.1 Å². The topological polar surface area (TPSA) is 29.3 Å². The Labute approximate surface area is 109 Å². The van der Waals surface area contributed by atoms with E-state index in [1.54, 1.807) is 6.07 Å². The molecule has 0 atom stereocenters. The van der Waals surface area contributed by atoms with Crippen molar-refractivity contribution in [3.63, 3.8) is 0 Å². The zero-order valence-electron chi connectivity index (χ0n) is 11.3. The molecule has 2 nitrogen and oxygen atoms in total. The predicted molar refractivity (Wildman–Crippen MR) is 74.1 cm³/mol. The van der Waals surface area contributed by atoms with Gasteiger partial charge in [0.2, 0.25) is 0 Å². The van der Waals surface area contributed by atoms with Gasteiger partial charge in [-0.3, -0.25) is 0 Å². The smallest absolute Gasteiger partial charge is 0.129 e. The number of hydrogen-bond donors (Lipinski definition) is 1. The maximum Gasteiger partial charge on any atom is 0.129 e. The standard InChI is InChI=1S/C15H23FN2/c1-11(2)7-8-18(13-5-6-13)14-4-3-12(10-17)15(16)9-14/h3-4,9,11,13H,5-8,10,17H2,1-2H3. The predicted octanol–water partition coefficient (Wildman–Crippen LogP) is 3.30. The van der Waals surface area contributed by atoms with Gasteiger partial charge in [0, 0.05) is 30.4 Å². The van der Waals surface area contributed by atoms with Crippen LogP contribution in [0.25, 0.3) is 0 Å². The minimum Gasteiger partial charge on any atom is -0.368 e. The van der Waals surface area contributed by atoms with E-state index in [1.807, 2.05) is 12.1 Å². The van der Waals surface area contributed by atoms with Gasteiger partial charge in [-0.1, -0.05) is 19.9 Å². The van der Waals surface area contributed by atoms with Crippen LogP contribution in [0, 0.1) is 11.7 Å². The van der Waals surface area contributed by atoms with E-state index in [0.717, 1.165) is 18.7 Å². The first-order valence-corrected chi connectivity index (χ1v) is 6.87. The zero-order valence-corrected chi connectivity index (χ0v) is 11.3. The second kappa shape index (κ2) is 5.70. The summed E-state index contributed by atoms with van der Waals surface area (Å²) >= 11 is 0. The Kier molecular flexibility index (Phi) is 4.23. The summed E-state index contributed by atoms with van der Waals surface area (Å²) in [6.45, 7) is 5.73. The Morgan fingerprint density at radius 3 is 2.61 bits per heavy atom. The van der Waals surface area contributed by atoms with Gasteiger partial charge in [-0.2, -0.15) is 0 Å². The lowest BCUT2D eigenvalue weighted by Crippen LogP contribution is -2.27. The van der Waals surface area contributed by atoms with Gasteiger partial charge in [-0.25, -0.2) is 4.39 Å². The summed E-state index contributed by atoms with van der Waals surface area (Å²) in [7, 11) is 0. The molecular weight excluding hydrogens is 227 g/mol. The molecule has 1 aliphatic carbocycles. The Morgan fingerprint density at radius 2 is 2.11 bits per heavy atom. The van der Waals surface area contributed by atoms with Crippen molar-refractivity contribution in [2.45, 2.75) is 45.7 Å². The minimum absolute atomic E-state index is 0.176. The van der Waals surface area contributed by atoms with E-state index in [9.17, 15) is 4.39 Å². The van der Waals surface area contributed by atoms with Crippen LogP contribution in [-0.4, -0.2) is 12.6 Å². The SMILES string of the molecule is CC(C)CCN(c1ccc(CN)c(F)c1)C1CC1. The van der Waals surface area contributed by atoms with Gasteiger partial charge >= 0.3 is 0 Å². The molecule has 100 valence electrons. The third-order valence-electron chi connectivity index (χ3n) is 3.52. The fourth-order valence-electron chi connectivity index (χ4n) is 2.19. The molecule has 1 saturated carbocycles. The molecule has 0 radical (unpaired) electrons. The summed E-state index contributed by atoms with van der Waals surface area (Å²) in [6, 6.07) is 6.08. The number of benzene rings is 1. The molecule has 3 heteroatoms. The molecule has 1 aromatic carbocycles. The summed E-state index contributed by atoms with van der Waals surface area (Å²) in [5, 5.41) is 0. The first kappa shape index (κ1) is 13.3. The highest BCUT2D eigenvalue weighted by atomic mass is 19.1. The van der Waals surface area contributed by atoms with E-state index in [1.165, 1.54) is 12.8 Å². The van der Waals surface area contributed by atoms with Crippen molar-refractivity contribution < 1.29 is 4.39 Å². The van der Waals surface area contributed by atoms with Gasteiger partial charge in [-0.05, 0) is 37.3 Å². The van der Waals surface area contributed by atoms with Crippen molar-refractivity contribution >= 4 is 5.69 Å². The molecule has 0 amide bonds. The Morgan fingerprint density at radius 1 is 1.39 bits per heavy atom. The van der Waals surface area contributed by atoms with E-state index >= 15 is 0 Å². The van der Waals surface area contributed by atoms with E-state index in [-0.39, 0.29) is 12.4 Å². The lowest BCUT2D eigenvalue weighted by molar-refractivity contribution is 0.568.